The molecule has 20 nitrogen and oxygen atoms in total. The van der Waals surface area contributed by atoms with Crippen molar-refractivity contribution >= 4 is 54.0 Å². The number of aromatic carboxylic acids is 1. The topological polar surface area (TPSA) is 272 Å². The molecular formula is C59H60N4O16. The molecule has 6 aromatic rings. The number of rotatable bonds is 30. The molecule has 0 unspecified atom stereocenters. The highest BCUT2D eigenvalue weighted by atomic mass is 16.7. The number of hydrogen-bond acceptors (Lipinski definition) is 15. The molecule has 79 heavy (non-hydrogen) atoms. The molecule has 0 aliphatic rings. The second kappa shape index (κ2) is 30.2. The zero-order valence-electron chi connectivity index (χ0n) is 43.5. The number of esters is 3. The van der Waals surface area contributed by atoms with Crippen molar-refractivity contribution in [3.8, 4) is 17.1 Å². The lowest BCUT2D eigenvalue weighted by Gasteiger charge is -2.31. The maximum absolute atomic E-state index is 14.2. The van der Waals surface area contributed by atoms with Crippen LogP contribution in [-0.2, 0) is 62.8 Å². The van der Waals surface area contributed by atoms with Crippen LogP contribution in [-0.4, -0.2) is 89.5 Å². The highest BCUT2D eigenvalue weighted by Crippen LogP contribution is 2.30. The molecule has 0 aliphatic carbocycles. The molecule has 0 radical (unpaired) electrons. The summed E-state index contributed by atoms with van der Waals surface area (Å²) in [6.45, 7) is 2.32. The number of carbonyl (C=O) groups is 9. The van der Waals surface area contributed by atoms with E-state index in [1.54, 1.807) is 91.9 Å². The predicted octanol–water partition coefficient (Wildman–Crippen LogP) is 7.75. The third-order valence-corrected chi connectivity index (χ3v) is 12.2. The first kappa shape index (κ1) is 58.7. The molecule has 5 aromatic carbocycles. The molecule has 4 N–H and O–H groups in total. The predicted molar refractivity (Wildman–Crippen MR) is 283 cm³/mol. The Morgan fingerprint density at radius 2 is 1.28 bits per heavy atom. The minimum atomic E-state index is -1.54. The summed E-state index contributed by atoms with van der Waals surface area (Å²) in [7, 11) is 0. The van der Waals surface area contributed by atoms with Crippen molar-refractivity contribution in [1.82, 2.24) is 21.0 Å². The van der Waals surface area contributed by atoms with Crippen LogP contribution in [0.3, 0.4) is 0 Å². The van der Waals surface area contributed by atoms with E-state index in [-0.39, 0.29) is 85.3 Å². The number of hydrogen-bond donors (Lipinski definition) is 4. The summed E-state index contributed by atoms with van der Waals surface area (Å²) in [6, 6.07) is 36.1. The van der Waals surface area contributed by atoms with Crippen molar-refractivity contribution in [2.45, 2.75) is 84.3 Å². The van der Waals surface area contributed by atoms with Gasteiger partial charge in [0.1, 0.15) is 37.4 Å². The van der Waals surface area contributed by atoms with E-state index in [9.17, 15) is 48.3 Å². The first-order valence-electron chi connectivity index (χ1n) is 25.4. The first-order chi connectivity index (χ1) is 38.3. The summed E-state index contributed by atoms with van der Waals surface area (Å²) in [5.74, 6) is -8.13. The van der Waals surface area contributed by atoms with Crippen molar-refractivity contribution in [2.24, 2.45) is 5.92 Å². The van der Waals surface area contributed by atoms with Crippen LogP contribution in [0.2, 0.25) is 0 Å². The van der Waals surface area contributed by atoms with Crippen LogP contribution in [0.1, 0.15) is 111 Å². The third kappa shape index (κ3) is 18.0. The molecular weight excluding hydrogens is 1020 g/mol. The van der Waals surface area contributed by atoms with Crippen LogP contribution in [0.15, 0.2) is 150 Å². The molecule has 0 bridgehead atoms. The number of amides is 4. The quantitative estimate of drug-likeness (QED) is 0.00838. The summed E-state index contributed by atoms with van der Waals surface area (Å²) >= 11 is 0. The molecule has 20 heteroatoms. The normalized spacial score (nSPS) is 11.8. The number of carboxylic acids is 1. The summed E-state index contributed by atoms with van der Waals surface area (Å²) in [5.41, 5.74) is 1.88. The highest BCUT2D eigenvalue weighted by molar-refractivity contribution is 6.00. The minimum absolute atomic E-state index is 0.0617. The highest BCUT2D eigenvalue weighted by Gasteiger charge is 2.34. The Kier molecular flexibility index (Phi) is 22.4. The fraction of sp³-hybridized carbons (Fsp3) is 0.271. The van der Waals surface area contributed by atoms with E-state index < -0.39 is 78.6 Å². The molecule has 0 fully saturated rings. The fourth-order valence-corrected chi connectivity index (χ4v) is 8.02. The van der Waals surface area contributed by atoms with E-state index in [1.165, 1.54) is 48.5 Å². The van der Waals surface area contributed by atoms with Gasteiger partial charge in [-0.3, -0.25) is 24.0 Å². The smallest absolute Gasteiger partial charge is 0.363 e. The van der Waals surface area contributed by atoms with Crippen LogP contribution >= 0.6 is 0 Å². The SMILES string of the molecule is CCCCC[C@@H](C(=O)NCNC(=O)c1ccc(-c2ccc(C(=O)N[C@@H](CC(=O)OCc3ccccc3)C(=O)OCc3ccccc3)c(OCC(=O)OCc3ccccc3)c2)o1)[C@@H](CC)N(C=O)OC(=O)c1cccc(C(=O)O)c1. The second-order valence-electron chi connectivity index (χ2n) is 17.8. The Morgan fingerprint density at radius 3 is 1.89 bits per heavy atom. The largest absolute Gasteiger partial charge is 0.481 e. The molecule has 4 amide bonds. The van der Waals surface area contributed by atoms with Gasteiger partial charge in [-0.25, -0.2) is 19.2 Å². The lowest BCUT2D eigenvalue weighted by molar-refractivity contribution is -0.171. The minimum Gasteiger partial charge on any atom is -0.481 e. The van der Waals surface area contributed by atoms with Gasteiger partial charge in [-0.2, -0.15) is 5.06 Å². The van der Waals surface area contributed by atoms with Crippen molar-refractivity contribution in [2.75, 3.05) is 13.3 Å². The fourth-order valence-electron chi connectivity index (χ4n) is 8.02. The number of carboxylic acid groups (broad SMARTS) is 1. The van der Waals surface area contributed by atoms with E-state index >= 15 is 0 Å². The maximum Gasteiger partial charge on any atom is 0.363 e. The van der Waals surface area contributed by atoms with Gasteiger partial charge >= 0.3 is 29.8 Å². The number of ether oxygens (including phenoxy) is 4. The molecule has 0 saturated heterocycles. The van der Waals surface area contributed by atoms with Gasteiger partial charge in [-0.15, -0.1) is 0 Å². The van der Waals surface area contributed by atoms with Crippen LogP contribution in [0.4, 0.5) is 0 Å². The molecule has 412 valence electrons. The van der Waals surface area contributed by atoms with E-state index in [1.807, 2.05) is 13.0 Å². The van der Waals surface area contributed by atoms with Crippen molar-refractivity contribution in [1.29, 1.82) is 0 Å². The first-order valence-corrected chi connectivity index (χ1v) is 25.4. The number of nitrogens with one attached hydrogen (secondary N) is 3. The Labute approximate surface area is 455 Å². The summed E-state index contributed by atoms with van der Waals surface area (Å²) in [6.07, 6.45) is 2.31. The van der Waals surface area contributed by atoms with Gasteiger partial charge in [-0.05, 0) is 72.0 Å². The number of unbranched alkanes of at least 4 members (excludes halogenated alkanes) is 2. The lowest BCUT2D eigenvalue weighted by atomic mass is 9.90. The van der Waals surface area contributed by atoms with Gasteiger partial charge in [0.2, 0.25) is 12.3 Å². The van der Waals surface area contributed by atoms with Crippen LogP contribution in [0, 0.1) is 5.92 Å². The zero-order valence-corrected chi connectivity index (χ0v) is 43.5. The molecule has 1 heterocycles. The van der Waals surface area contributed by atoms with Crippen LogP contribution < -0.4 is 20.7 Å². The van der Waals surface area contributed by atoms with E-state index in [0.29, 0.717) is 23.1 Å². The summed E-state index contributed by atoms with van der Waals surface area (Å²) in [4.78, 5) is 123. The van der Waals surface area contributed by atoms with Crippen LogP contribution in [0.5, 0.6) is 5.75 Å². The van der Waals surface area contributed by atoms with E-state index in [2.05, 4.69) is 16.0 Å². The van der Waals surface area contributed by atoms with Gasteiger partial charge in [0.25, 0.3) is 11.8 Å². The summed E-state index contributed by atoms with van der Waals surface area (Å²) < 4.78 is 28.1. The van der Waals surface area contributed by atoms with E-state index in [4.69, 9.17) is 28.2 Å². The van der Waals surface area contributed by atoms with E-state index in [0.717, 1.165) is 24.0 Å². The van der Waals surface area contributed by atoms with Gasteiger partial charge < -0.3 is 49.3 Å². The number of furan rings is 1. The molecule has 0 spiro atoms. The maximum atomic E-state index is 14.2. The second-order valence-corrected chi connectivity index (χ2v) is 17.8. The molecule has 1 aromatic heterocycles. The Bertz CT molecular complexity index is 3040. The lowest BCUT2D eigenvalue weighted by Crippen LogP contribution is -2.49. The number of carbonyl (C=O) groups excluding carboxylic acids is 8. The number of benzene rings is 5. The summed E-state index contributed by atoms with van der Waals surface area (Å²) in [5, 5.41) is 17.9. The van der Waals surface area contributed by atoms with Gasteiger partial charge in [-0.1, -0.05) is 136 Å². The molecule has 0 aliphatic heterocycles. The van der Waals surface area contributed by atoms with Gasteiger partial charge in [0, 0.05) is 5.56 Å². The Hall–Kier alpha value is -9.59. The molecule has 0 saturated carbocycles. The van der Waals surface area contributed by atoms with Crippen molar-refractivity contribution < 1.29 is 76.5 Å². The average molecular weight is 1080 g/mol. The van der Waals surface area contributed by atoms with Gasteiger partial charge in [0.15, 0.2) is 12.4 Å². The Balaban J connectivity index is 1.16. The van der Waals surface area contributed by atoms with Crippen molar-refractivity contribution in [3.63, 3.8) is 0 Å². The number of nitrogens with zero attached hydrogens (tertiary/aromatic N) is 1. The zero-order chi connectivity index (χ0) is 56.5. The number of hydroxylamine groups is 2. The average Bonchev–Trinajstić information content (AvgIpc) is 3.99. The van der Waals surface area contributed by atoms with Crippen LogP contribution in [0.25, 0.3) is 11.3 Å². The molecule has 3 atom stereocenters. The monoisotopic (exact) mass is 1080 g/mol. The van der Waals surface area contributed by atoms with Crippen molar-refractivity contribution in [3.05, 3.63) is 185 Å². The van der Waals surface area contributed by atoms with Gasteiger partial charge in [0.05, 0.1) is 41.7 Å². The Morgan fingerprint density at radius 1 is 0.658 bits per heavy atom. The standard InChI is InChI=1S/C59H60N4O16/c1-3-5-9-25-45(48(4-2)63(38-64)79-58(72)44-24-16-23-43(30-44)57(70)71)54(67)60-37-61-56(69)50-29-28-49(78-50)42-26-27-46(51(31-42)74-36-53(66)76-34-40-19-12-7-13-20-40)55(68)62-47(59(73)77-35-41-21-14-8-15-22-41)32-52(65)75-33-39-17-10-6-11-18-39/h6-8,10-24,26-31,38,45,47-48H,3-5,9,25,32-37H2,1-2H3,(H,60,67)(H,61,69)(H,62,68)(H,70,71)/t45-,47+,48-/m1/s1. The third-order valence-electron chi connectivity index (χ3n) is 12.2. The molecule has 6 rings (SSSR count).